The Morgan fingerprint density at radius 1 is 1.03 bits per heavy atom. The van der Waals surface area contributed by atoms with E-state index in [9.17, 15) is 9.90 Å². The molecule has 1 aliphatic rings. The van der Waals surface area contributed by atoms with Gasteiger partial charge in [-0.15, -0.1) is 0 Å². The molecule has 0 radical (unpaired) electrons. The van der Waals surface area contributed by atoms with Gasteiger partial charge in [-0.05, 0) is 80.2 Å². The average molecular weight is 473 g/mol. The van der Waals surface area contributed by atoms with E-state index in [0.29, 0.717) is 49.5 Å². The van der Waals surface area contributed by atoms with Crippen molar-refractivity contribution in [3.8, 4) is 28.7 Å². The number of rotatable bonds is 3. The van der Waals surface area contributed by atoms with Crippen LogP contribution in [0.5, 0.6) is 28.7 Å². The summed E-state index contributed by atoms with van der Waals surface area (Å²) < 4.78 is 18.3. The lowest BCUT2D eigenvalue weighted by atomic mass is 9.96. The smallest absolute Gasteiger partial charge is 0.348 e. The van der Waals surface area contributed by atoms with E-state index in [1.54, 1.807) is 14.0 Å². The highest BCUT2D eigenvalue weighted by molar-refractivity contribution is 9.10. The van der Waals surface area contributed by atoms with E-state index in [1.807, 2.05) is 52.8 Å². The lowest BCUT2D eigenvalue weighted by Gasteiger charge is -2.20. The molecular weight excluding hydrogens is 448 g/mol. The molecule has 158 valence electrons. The fourth-order valence-corrected chi connectivity index (χ4v) is 4.27. The van der Waals surface area contributed by atoms with Crippen LogP contribution in [0, 0.1) is 13.8 Å². The molecule has 0 saturated carbocycles. The number of aromatic hydroxyl groups is 1. The molecule has 1 heterocycles. The van der Waals surface area contributed by atoms with Crippen molar-refractivity contribution in [3.63, 3.8) is 0 Å². The van der Waals surface area contributed by atoms with Crippen LogP contribution in [0.2, 0.25) is 0 Å². The van der Waals surface area contributed by atoms with Crippen molar-refractivity contribution in [2.24, 2.45) is 0 Å². The van der Waals surface area contributed by atoms with Gasteiger partial charge in [-0.1, -0.05) is 12.2 Å². The van der Waals surface area contributed by atoms with Gasteiger partial charge in [0.25, 0.3) is 0 Å². The summed E-state index contributed by atoms with van der Waals surface area (Å²) in [4.78, 5) is 13.3. The summed E-state index contributed by atoms with van der Waals surface area (Å²) in [5, 5.41) is 10.7. The van der Waals surface area contributed by atoms with E-state index >= 15 is 0 Å². The first-order valence-electron chi connectivity index (χ1n) is 9.60. The summed E-state index contributed by atoms with van der Waals surface area (Å²) in [7, 11) is 1.58. The van der Waals surface area contributed by atoms with Crippen LogP contribution in [0.25, 0.3) is 11.1 Å². The Morgan fingerprint density at radius 3 is 2.23 bits per heavy atom. The monoisotopic (exact) mass is 472 g/mol. The van der Waals surface area contributed by atoms with Gasteiger partial charge in [0, 0.05) is 16.7 Å². The van der Waals surface area contributed by atoms with Crippen LogP contribution in [0.4, 0.5) is 0 Å². The van der Waals surface area contributed by atoms with Crippen molar-refractivity contribution in [3.05, 3.63) is 50.5 Å². The molecule has 2 aromatic rings. The zero-order valence-corrected chi connectivity index (χ0v) is 19.8. The quantitative estimate of drug-likeness (QED) is 0.386. The Morgan fingerprint density at radius 2 is 1.67 bits per heavy atom. The van der Waals surface area contributed by atoms with Crippen molar-refractivity contribution < 1.29 is 24.1 Å². The molecule has 0 atom stereocenters. The first-order chi connectivity index (χ1) is 14.2. The van der Waals surface area contributed by atoms with E-state index < -0.39 is 5.97 Å². The molecule has 3 rings (SSSR count). The molecule has 0 unspecified atom stereocenters. The molecule has 1 N–H and O–H groups in total. The molecule has 1 aliphatic heterocycles. The van der Waals surface area contributed by atoms with Crippen LogP contribution in [0.1, 0.15) is 60.3 Å². The minimum absolute atomic E-state index is 0.00599. The van der Waals surface area contributed by atoms with Gasteiger partial charge in [0.05, 0.1) is 11.6 Å². The third-order valence-electron chi connectivity index (χ3n) is 5.55. The molecule has 6 heteroatoms. The van der Waals surface area contributed by atoms with E-state index in [1.165, 1.54) is 0 Å². The van der Waals surface area contributed by atoms with Gasteiger partial charge in [0.2, 0.25) is 0 Å². The molecule has 30 heavy (non-hydrogen) atoms. The van der Waals surface area contributed by atoms with Crippen molar-refractivity contribution in [2.45, 2.75) is 41.5 Å². The number of phenolic OH excluding ortho intramolecular Hbond substituents is 1. The van der Waals surface area contributed by atoms with Gasteiger partial charge < -0.3 is 19.3 Å². The van der Waals surface area contributed by atoms with Crippen molar-refractivity contribution >= 4 is 33.0 Å². The number of allylic oxidation sites excluding steroid dienone is 4. The Kier molecular flexibility index (Phi) is 5.99. The first kappa shape index (κ1) is 22.0. The van der Waals surface area contributed by atoms with Crippen molar-refractivity contribution in [1.82, 2.24) is 0 Å². The molecule has 0 aromatic heterocycles. The molecular formula is C24H25BrO5. The zero-order chi connectivity index (χ0) is 22.3. The maximum atomic E-state index is 13.3. The fraction of sp³-hybridized carbons (Fsp3) is 0.292. The number of carbonyl (C=O) groups is 1. The zero-order valence-electron chi connectivity index (χ0n) is 18.2. The number of benzene rings is 2. The van der Waals surface area contributed by atoms with Crippen molar-refractivity contribution in [2.75, 3.05) is 7.11 Å². The summed E-state index contributed by atoms with van der Waals surface area (Å²) in [6.07, 6.45) is 3.82. The Labute approximate surface area is 185 Å². The number of ether oxygens (including phenoxy) is 3. The highest BCUT2D eigenvalue weighted by atomic mass is 79.9. The Balaban J connectivity index is 2.47. The maximum Gasteiger partial charge on any atom is 0.348 e. The number of halogens is 1. The predicted molar refractivity (Wildman–Crippen MR) is 122 cm³/mol. The van der Waals surface area contributed by atoms with Gasteiger partial charge in [-0.3, -0.25) is 0 Å². The lowest BCUT2D eigenvalue weighted by molar-refractivity contribution is 0.0735. The summed E-state index contributed by atoms with van der Waals surface area (Å²) >= 11 is 3.48. The number of esters is 1. The average Bonchev–Trinajstić information content (AvgIpc) is 2.89. The number of carbonyl (C=O) groups excluding carboxylic acids is 1. The molecule has 0 spiro atoms. The number of fused-ring (bicyclic) bond motifs is 2. The van der Waals surface area contributed by atoms with E-state index in [-0.39, 0.29) is 11.5 Å². The van der Waals surface area contributed by atoms with Crippen LogP contribution in [-0.2, 0) is 0 Å². The topological polar surface area (TPSA) is 65.0 Å². The summed E-state index contributed by atoms with van der Waals surface area (Å²) in [6.45, 7) is 11.1. The SMILES string of the molecule is C/C=C(\C)c1cc(OC)c(C)c2c1C(=O)Oc1c(C)c(O)c(Br)c(/C(C)=C/C)c1O2. The highest BCUT2D eigenvalue weighted by Crippen LogP contribution is 2.53. The van der Waals surface area contributed by atoms with Crippen molar-refractivity contribution in [1.29, 1.82) is 0 Å². The summed E-state index contributed by atoms with van der Waals surface area (Å²) in [5.74, 6) is 1.04. The van der Waals surface area contributed by atoms with Gasteiger partial charge in [-0.25, -0.2) is 4.79 Å². The van der Waals surface area contributed by atoms with Crippen LogP contribution in [0.3, 0.4) is 0 Å². The molecule has 0 fully saturated rings. The largest absolute Gasteiger partial charge is 0.506 e. The van der Waals surface area contributed by atoms with Crippen LogP contribution in [0.15, 0.2) is 22.7 Å². The maximum absolute atomic E-state index is 13.3. The van der Waals surface area contributed by atoms with E-state index in [2.05, 4.69) is 15.9 Å². The number of phenols is 1. The van der Waals surface area contributed by atoms with Gasteiger partial charge >= 0.3 is 5.97 Å². The van der Waals surface area contributed by atoms with E-state index in [4.69, 9.17) is 14.2 Å². The fourth-order valence-electron chi connectivity index (χ4n) is 3.48. The third-order valence-corrected chi connectivity index (χ3v) is 6.32. The second-order valence-electron chi connectivity index (χ2n) is 7.21. The Hall–Kier alpha value is -2.73. The minimum atomic E-state index is -0.542. The van der Waals surface area contributed by atoms with Crippen LogP contribution < -0.4 is 14.2 Å². The second-order valence-corrected chi connectivity index (χ2v) is 8.00. The van der Waals surface area contributed by atoms with Crippen LogP contribution >= 0.6 is 15.9 Å². The van der Waals surface area contributed by atoms with E-state index in [0.717, 1.165) is 11.1 Å². The van der Waals surface area contributed by atoms with Gasteiger partial charge in [0.1, 0.15) is 22.8 Å². The molecule has 5 nitrogen and oxygen atoms in total. The first-order valence-corrected chi connectivity index (χ1v) is 10.4. The molecule has 0 bridgehead atoms. The summed E-state index contributed by atoms with van der Waals surface area (Å²) in [6, 6.07) is 1.82. The predicted octanol–water partition coefficient (Wildman–Crippen LogP) is 6.95. The molecule has 0 saturated heterocycles. The normalized spacial score (nSPS) is 13.8. The van der Waals surface area contributed by atoms with Gasteiger partial charge in [0.15, 0.2) is 11.5 Å². The minimum Gasteiger partial charge on any atom is -0.506 e. The molecule has 0 amide bonds. The summed E-state index contributed by atoms with van der Waals surface area (Å²) in [5.41, 5.74) is 4.50. The highest BCUT2D eigenvalue weighted by Gasteiger charge is 2.34. The lowest BCUT2D eigenvalue weighted by Crippen LogP contribution is -2.12. The Bertz CT molecular complexity index is 1130. The van der Waals surface area contributed by atoms with Crippen LogP contribution in [-0.4, -0.2) is 18.2 Å². The molecule has 0 aliphatic carbocycles. The standard InChI is InChI=1S/C24H25BrO5/c1-8-11(3)15-10-16(28-7)13(5)21-18(15)24(27)30-22-14(6)20(26)19(25)17(12(4)9-2)23(22)29-21/h8-10,26H,1-7H3/b11-8+,12-9+. The second kappa shape index (κ2) is 8.19. The third kappa shape index (κ3) is 3.29. The molecule has 2 aromatic carbocycles. The number of hydrogen-bond acceptors (Lipinski definition) is 5. The van der Waals surface area contributed by atoms with Gasteiger partial charge in [-0.2, -0.15) is 0 Å². The number of methoxy groups -OCH3 is 1. The number of hydrogen-bond donors (Lipinski definition) is 1.